The van der Waals surface area contributed by atoms with Crippen molar-refractivity contribution in [2.24, 2.45) is 0 Å². The maximum absolute atomic E-state index is 12.9. The molecule has 1 amide bonds. The van der Waals surface area contributed by atoms with Gasteiger partial charge in [-0.2, -0.15) is 0 Å². The maximum Gasteiger partial charge on any atom is 0.410 e. The molecule has 1 aliphatic carbocycles. The lowest BCUT2D eigenvalue weighted by atomic mass is 9.75. The summed E-state index contributed by atoms with van der Waals surface area (Å²) >= 11 is 12.4. The van der Waals surface area contributed by atoms with Crippen molar-refractivity contribution in [2.75, 3.05) is 25.1 Å². The number of nitrogens with zero attached hydrogens (tertiary/aromatic N) is 1. The van der Waals surface area contributed by atoms with E-state index in [2.05, 4.69) is 4.72 Å². The van der Waals surface area contributed by atoms with Gasteiger partial charge in [-0.15, -0.1) is 0 Å². The Bertz CT molecular complexity index is 1290. The van der Waals surface area contributed by atoms with E-state index in [1.54, 1.807) is 52.1 Å². The van der Waals surface area contributed by atoms with Gasteiger partial charge in [0.05, 0.1) is 40.7 Å². The number of fused-ring (bicyclic) bond motifs is 1. The summed E-state index contributed by atoms with van der Waals surface area (Å²) in [5.74, 6) is -0.881. The second-order valence-corrected chi connectivity index (χ2v) is 12.4. The molecule has 1 aliphatic rings. The standard InChI is InChI=1S/C25H30Cl2N2O6S/c1-25(2,3)35-24(31)29(4)22-10-8-15(14-7-9-19(26)20(27)11-14)16-12-18(23(30)34-5)21(13-17(16)22)28-36(6,32)33/h7,9,11-13,15,22,28H,8,10H2,1-6H3. The number of sulfonamides is 1. The van der Waals surface area contributed by atoms with Gasteiger partial charge in [-0.25, -0.2) is 18.0 Å². The van der Waals surface area contributed by atoms with Crippen LogP contribution in [0.25, 0.3) is 0 Å². The Labute approximate surface area is 221 Å². The normalized spacial score (nSPS) is 17.7. The minimum absolute atomic E-state index is 0.0623. The van der Waals surface area contributed by atoms with Crippen molar-refractivity contribution in [1.82, 2.24) is 4.90 Å². The Morgan fingerprint density at radius 3 is 2.28 bits per heavy atom. The fraction of sp³-hybridized carbons (Fsp3) is 0.440. The molecule has 8 nitrogen and oxygen atoms in total. The Morgan fingerprint density at radius 1 is 1.06 bits per heavy atom. The van der Waals surface area contributed by atoms with E-state index in [0.29, 0.717) is 28.5 Å². The van der Waals surface area contributed by atoms with Crippen LogP contribution in [0.15, 0.2) is 30.3 Å². The van der Waals surface area contributed by atoms with Gasteiger partial charge in [0.2, 0.25) is 10.0 Å². The van der Waals surface area contributed by atoms with Crippen molar-refractivity contribution in [1.29, 1.82) is 0 Å². The molecule has 2 aromatic rings. The average molecular weight is 557 g/mol. The van der Waals surface area contributed by atoms with Gasteiger partial charge in [-0.3, -0.25) is 4.72 Å². The highest BCUT2D eigenvalue weighted by Crippen LogP contribution is 2.46. The number of carbonyl (C=O) groups is 2. The molecule has 0 aromatic heterocycles. The number of amides is 1. The molecule has 0 aliphatic heterocycles. The molecule has 1 N–H and O–H groups in total. The van der Waals surface area contributed by atoms with Crippen molar-refractivity contribution in [3.63, 3.8) is 0 Å². The molecular weight excluding hydrogens is 527 g/mol. The number of ether oxygens (including phenoxy) is 2. The summed E-state index contributed by atoms with van der Waals surface area (Å²) in [5.41, 5.74) is 1.75. The molecule has 2 atom stereocenters. The first-order valence-electron chi connectivity index (χ1n) is 11.3. The van der Waals surface area contributed by atoms with Crippen molar-refractivity contribution < 1.29 is 27.5 Å². The number of benzene rings is 2. The third kappa shape index (κ3) is 6.44. The van der Waals surface area contributed by atoms with E-state index in [1.807, 2.05) is 6.07 Å². The third-order valence-corrected chi connectivity index (χ3v) is 7.21. The van der Waals surface area contributed by atoms with Crippen LogP contribution in [0.2, 0.25) is 10.0 Å². The molecule has 0 fully saturated rings. The number of hydrogen-bond donors (Lipinski definition) is 1. The van der Waals surface area contributed by atoms with Crippen LogP contribution in [0, 0.1) is 0 Å². The molecule has 0 saturated carbocycles. The molecule has 0 heterocycles. The van der Waals surface area contributed by atoms with Gasteiger partial charge in [-0.05, 0) is 74.6 Å². The highest BCUT2D eigenvalue weighted by Gasteiger charge is 2.36. The molecule has 3 rings (SSSR count). The number of halogens is 2. The lowest BCUT2D eigenvalue weighted by molar-refractivity contribution is 0.0202. The predicted octanol–water partition coefficient (Wildman–Crippen LogP) is 5.99. The summed E-state index contributed by atoms with van der Waals surface area (Å²) in [5, 5.41) is 0.814. The van der Waals surface area contributed by atoms with Crippen LogP contribution in [-0.4, -0.2) is 51.4 Å². The molecule has 2 aromatic carbocycles. The van der Waals surface area contributed by atoms with E-state index in [9.17, 15) is 18.0 Å². The van der Waals surface area contributed by atoms with Crippen LogP contribution in [0.4, 0.5) is 10.5 Å². The van der Waals surface area contributed by atoms with Crippen LogP contribution in [0.5, 0.6) is 0 Å². The zero-order chi connectivity index (χ0) is 27.0. The fourth-order valence-electron chi connectivity index (χ4n) is 4.36. The van der Waals surface area contributed by atoms with E-state index in [1.165, 1.54) is 12.0 Å². The molecule has 2 unspecified atom stereocenters. The smallest absolute Gasteiger partial charge is 0.410 e. The van der Waals surface area contributed by atoms with Gasteiger partial charge in [0.25, 0.3) is 0 Å². The van der Waals surface area contributed by atoms with Crippen LogP contribution in [0.3, 0.4) is 0 Å². The summed E-state index contributed by atoms with van der Waals surface area (Å²) < 4.78 is 37.1. The van der Waals surface area contributed by atoms with E-state index in [0.717, 1.165) is 17.4 Å². The van der Waals surface area contributed by atoms with Crippen molar-refractivity contribution in [3.05, 3.63) is 62.6 Å². The highest BCUT2D eigenvalue weighted by atomic mass is 35.5. The summed E-state index contributed by atoms with van der Waals surface area (Å²) in [6, 6.07) is 8.13. The van der Waals surface area contributed by atoms with E-state index >= 15 is 0 Å². The highest BCUT2D eigenvalue weighted by molar-refractivity contribution is 7.92. The number of esters is 1. The molecule has 0 radical (unpaired) electrons. The summed E-state index contributed by atoms with van der Waals surface area (Å²) in [6.45, 7) is 5.35. The van der Waals surface area contributed by atoms with Crippen LogP contribution in [0.1, 0.15) is 72.6 Å². The Balaban J connectivity index is 2.22. The summed E-state index contributed by atoms with van der Waals surface area (Å²) in [6.07, 6.45) is 1.67. The van der Waals surface area contributed by atoms with Crippen LogP contribution >= 0.6 is 23.2 Å². The molecule has 11 heteroatoms. The molecule has 36 heavy (non-hydrogen) atoms. The third-order valence-electron chi connectivity index (χ3n) is 5.88. The average Bonchev–Trinajstić information content (AvgIpc) is 2.76. The molecule has 0 spiro atoms. The van der Waals surface area contributed by atoms with E-state index < -0.39 is 33.7 Å². The van der Waals surface area contributed by atoms with E-state index in [-0.39, 0.29) is 17.2 Å². The summed E-state index contributed by atoms with van der Waals surface area (Å²) in [7, 11) is -0.855. The van der Waals surface area contributed by atoms with Crippen LogP contribution in [-0.2, 0) is 19.5 Å². The number of carbonyl (C=O) groups excluding carboxylic acids is 2. The second-order valence-electron chi connectivity index (χ2n) is 9.80. The Kier molecular flexibility index (Phi) is 8.17. The first-order chi connectivity index (χ1) is 16.6. The Hall–Kier alpha value is -2.49. The number of anilines is 1. The maximum atomic E-state index is 12.9. The number of nitrogens with one attached hydrogen (secondary N) is 1. The summed E-state index contributed by atoms with van der Waals surface area (Å²) in [4.78, 5) is 27.1. The first-order valence-corrected chi connectivity index (χ1v) is 13.9. The second kappa shape index (κ2) is 10.5. The van der Waals surface area contributed by atoms with Crippen molar-refractivity contribution in [2.45, 2.75) is 51.2 Å². The SMILES string of the molecule is COC(=O)c1cc2c(cc1NS(C)(=O)=O)C(N(C)C(=O)OC(C)(C)C)CCC2c1ccc(Cl)c(Cl)c1. The Morgan fingerprint density at radius 2 is 1.72 bits per heavy atom. The number of methoxy groups -OCH3 is 1. The molecular formula is C25H30Cl2N2O6S. The van der Waals surface area contributed by atoms with Gasteiger partial charge in [0, 0.05) is 13.0 Å². The molecule has 196 valence electrons. The predicted molar refractivity (Wildman–Crippen MR) is 141 cm³/mol. The van der Waals surface area contributed by atoms with Crippen molar-refractivity contribution in [3.8, 4) is 0 Å². The minimum atomic E-state index is -3.72. The topological polar surface area (TPSA) is 102 Å². The van der Waals surface area contributed by atoms with E-state index in [4.69, 9.17) is 32.7 Å². The number of hydrogen-bond acceptors (Lipinski definition) is 6. The van der Waals surface area contributed by atoms with Crippen LogP contribution < -0.4 is 4.72 Å². The fourth-order valence-corrected chi connectivity index (χ4v) is 5.24. The van der Waals surface area contributed by atoms with Gasteiger partial charge in [0.15, 0.2) is 0 Å². The van der Waals surface area contributed by atoms with Gasteiger partial charge >= 0.3 is 12.1 Å². The lowest BCUT2D eigenvalue weighted by Crippen LogP contribution is -2.38. The number of rotatable bonds is 5. The largest absolute Gasteiger partial charge is 0.465 e. The molecule has 0 saturated heterocycles. The quantitative estimate of drug-likeness (QED) is 0.454. The van der Waals surface area contributed by atoms with Crippen molar-refractivity contribution >= 4 is 51.0 Å². The first kappa shape index (κ1) is 28.1. The lowest BCUT2D eigenvalue weighted by Gasteiger charge is -2.38. The minimum Gasteiger partial charge on any atom is -0.465 e. The van der Waals surface area contributed by atoms with Gasteiger partial charge in [-0.1, -0.05) is 29.3 Å². The zero-order valence-corrected chi connectivity index (χ0v) is 23.3. The van der Waals surface area contributed by atoms with Gasteiger partial charge in [0.1, 0.15) is 5.60 Å². The molecule has 0 bridgehead atoms. The monoisotopic (exact) mass is 556 g/mol. The van der Waals surface area contributed by atoms with Gasteiger partial charge < -0.3 is 14.4 Å². The zero-order valence-electron chi connectivity index (χ0n) is 21.0.